The highest BCUT2D eigenvalue weighted by Gasteiger charge is 2.27. The molecule has 0 radical (unpaired) electrons. The Morgan fingerprint density at radius 2 is 2.16 bits per heavy atom. The molecule has 1 aliphatic heterocycles. The molecular formula is C14H21N3O2. The fourth-order valence-electron chi connectivity index (χ4n) is 2.43. The van der Waals surface area contributed by atoms with Gasteiger partial charge in [0.05, 0.1) is 6.54 Å². The van der Waals surface area contributed by atoms with Crippen molar-refractivity contribution in [3.05, 3.63) is 24.5 Å². The molecule has 1 aromatic heterocycles. The van der Waals surface area contributed by atoms with Crippen LogP contribution in [0.15, 0.2) is 24.5 Å². The van der Waals surface area contributed by atoms with Gasteiger partial charge in [0.2, 0.25) is 11.8 Å². The highest BCUT2D eigenvalue weighted by molar-refractivity contribution is 5.87. The first-order valence-corrected chi connectivity index (χ1v) is 6.90. The van der Waals surface area contributed by atoms with Gasteiger partial charge >= 0.3 is 0 Å². The number of aromatic nitrogens is 1. The minimum atomic E-state index is -0.189. The van der Waals surface area contributed by atoms with E-state index in [1.165, 1.54) is 0 Å². The Morgan fingerprint density at radius 1 is 1.42 bits per heavy atom. The molecule has 5 heteroatoms. The van der Waals surface area contributed by atoms with Crippen LogP contribution in [-0.2, 0) is 9.59 Å². The topological polar surface area (TPSA) is 54.3 Å². The quantitative estimate of drug-likeness (QED) is 0.887. The van der Waals surface area contributed by atoms with Crippen LogP contribution < -0.4 is 5.32 Å². The third-order valence-corrected chi connectivity index (χ3v) is 3.41. The van der Waals surface area contributed by atoms with Crippen LogP contribution in [0.2, 0.25) is 0 Å². The zero-order valence-corrected chi connectivity index (χ0v) is 11.3. The molecule has 0 saturated carbocycles. The summed E-state index contributed by atoms with van der Waals surface area (Å²) in [6.45, 7) is 3.56. The first-order chi connectivity index (χ1) is 9.22. The molecule has 2 heterocycles. The fourth-order valence-corrected chi connectivity index (χ4v) is 2.43. The van der Waals surface area contributed by atoms with Crippen molar-refractivity contribution in [1.82, 2.24) is 14.8 Å². The average Bonchev–Trinajstić information content (AvgIpc) is 2.84. The minimum absolute atomic E-state index is 0.0510. The van der Waals surface area contributed by atoms with Crippen LogP contribution in [0.3, 0.4) is 0 Å². The predicted molar refractivity (Wildman–Crippen MR) is 72.6 cm³/mol. The van der Waals surface area contributed by atoms with Crippen molar-refractivity contribution >= 4 is 11.8 Å². The van der Waals surface area contributed by atoms with Crippen LogP contribution in [0.1, 0.15) is 32.2 Å². The molecule has 2 rings (SSSR count). The first-order valence-electron chi connectivity index (χ1n) is 6.90. The number of nitrogens with one attached hydrogen (secondary N) is 1. The van der Waals surface area contributed by atoms with Gasteiger partial charge in [0.15, 0.2) is 0 Å². The van der Waals surface area contributed by atoms with Gasteiger partial charge in [-0.15, -0.1) is 0 Å². The van der Waals surface area contributed by atoms with Crippen molar-refractivity contribution in [3.63, 3.8) is 0 Å². The molecule has 5 nitrogen and oxygen atoms in total. The molecule has 19 heavy (non-hydrogen) atoms. The highest BCUT2D eigenvalue weighted by atomic mass is 16.2. The standard InChI is InChI=1S/C14H21N3O2/c1-2-6-12(16-8-3-4-9-16)14(19)17-10-5-7-15-13(18)11-17/h3-4,8-9,12H,2,5-7,10-11H2,1H3,(H,15,18)/t12-/m0/s1. The van der Waals surface area contributed by atoms with E-state index in [-0.39, 0.29) is 24.4 Å². The Labute approximate surface area is 113 Å². The second-order valence-electron chi connectivity index (χ2n) is 4.90. The Kier molecular flexibility index (Phi) is 4.60. The lowest BCUT2D eigenvalue weighted by Gasteiger charge is -2.26. The molecule has 1 N–H and O–H groups in total. The molecule has 0 spiro atoms. The number of carbonyl (C=O) groups excluding carboxylic acids is 2. The molecule has 1 atom stereocenters. The molecule has 1 aromatic rings. The van der Waals surface area contributed by atoms with E-state index in [0.29, 0.717) is 13.1 Å². The Hall–Kier alpha value is -1.78. The number of nitrogens with zero attached hydrogens (tertiary/aromatic N) is 2. The summed E-state index contributed by atoms with van der Waals surface area (Å²) < 4.78 is 1.94. The fraction of sp³-hybridized carbons (Fsp3) is 0.571. The zero-order valence-electron chi connectivity index (χ0n) is 11.3. The lowest BCUT2D eigenvalue weighted by Crippen LogP contribution is -2.41. The molecule has 2 amide bonds. The van der Waals surface area contributed by atoms with Gasteiger partial charge in [0, 0.05) is 25.5 Å². The van der Waals surface area contributed by atoms with Crippen LogP contribution in [0, 0.1) is 0 Å². The van der Waals surface area contributed by atoms with Crippen LogP contribution in [-0.4, -0.2) is 40.9 Å². The van der Waals surface area contributed by atoms with Crippen molar-refractivity contribution in [3.8, 4) is 0 Å². The van der Waals surface area contributed by atoms with Crippen LogP contribution in [0.25, 0.3) is 0 Å². The van der Waals surface area contributed by atoms with Crippen LogP contribution in [0.4, 0.5) is 0 Å². The monoisotopic (exact) mass is 263 g/mol. The molecule has 0 aromatic carbocycles. The average molecular weight is 263 g/mol. The SMILES string of the molecule is CCC[C@@H](C(=O)N1CCCNC(=O)C1)n1cccc1. The maximum atomic E-state index is 12.6. The third-order valence-electron chi connectivity index (χ3n) is 3.41. The van der Waals surface area contributed by atoms with E-state index in [4.69, 9.17) is 0 Å². The molecule has 1 fully saturated rings. The van der Waals surface area contributed by atoms with Crippen molar-refractivity contribution in [2.24, 2.45) is 0 Å². The van der Waals surface area contributed by atoms with Gasteiger partial charge in [0.1, 0.15) is 6.04 Å². The smallest absolute Gasteiger partial charge is 0.246 e. The summed E-state index contributed by atoms with van der Waals surface area (Å²) in [5.74, 6) is -0.0105. The number of hydrogen-bond donors (Lipinski definition) is 1. The van der Waals surface area contributed by atoms with Gasteiger partial charge in [-0.25, -0.2) is 0 Å². The van der Waals surface area contributed by atoms with E-state index in [2.05, 4.69) is 12.2 Å². The Bertz CT molecular complexity index is 428. The van der Waals surface area contributed by atoms with E-state index < -0.39 is 0 Å². The first kappa shape index (κ1) is 13.6. The molecule has 104 valence electrons. The summed E-state index contributed by atoms with van der Waals surface area (Å²) in [5, 5.41) is 2.80. The number of carbonyl (C=O) groups is 2. The van der Waals surface area contributed by atoms with Gasteiger partial charge in [-0.2, -0.15) is 0 Å². The Balaban J connectivity index is 2.12. The van der Waals surface area contributed by atoms with Crippen molar-refractivity contribution < 1.29 is 9.59 Å². The molecule has 1 saturated heterocycles. The van der Waals surface area contributed by atoms with Crippen LogP contribution >= 0.6 is 0 Å². The molecular weight excluding hydrogens is 242 g/mol. The van der Waals surface area contributed by atoms with Crippen molar-refractivity contribution in [1.29, 1.82) is 0 Å². The molecule has 1 aliphatic rings. The van der Waals surface area contributed by atoms with E-state index in [0.717, 1.165) is 19.3 Å². The van der Waals surface area contributed by atoms with Gasteiger partial charge in [-0.3, -0.25) is 9.59 Å². The van der Waals surface area contributed by atoms with E-state index >= 15 is 0 Å². The molecule has 0 unspecified atom stereocenters. The number of hydrogen-bond acceptors (Lipinski definition) is 2. The summed E-state index contributed by atoms with van der Waals surface area (Å²) >= 11 is 0. The predicted octanol–water partition coefficient (Wildman–Crippen LogP) is 1.18. The Morgan fingerprint density at radius 3 is 2.84 bits per heavy atom. The number of amides is 2. The van der Waals surface area contributed by atoms with E-state index in [9.17, 15) is 9.59 Å². The van der Waals surface area contributed by atoms with Crippen molar-refractivity contribution in [2.75, 3.05) is 19.6 Å². The summed E-state index contributed by atoms with van der Waals surface area (Å²) in [7, 11) is 0. The normalized spacial score (nSPS) is 17.7. The zero-order chi connectivity index (χ0) is 13.7. The minimum Gasteiger partial charge on any atom is -0.354 e. The molecule has 0 aliphatic carbocycles. The van der Waals surface area contributed by atoms with Crippen molar-refractivity contribution in [2.45, 2.75) is 32.2 Å². The lowest BCUT2D eigenvalue weighted by atomic mass is 10.1. The van der Waals surface area contributed by atoms with Gasteiger partial charge in [-0.1, -0.05) is 13.3 Å². The van der Waals surface area contributed by atoms with E-state index in [1.54, 1.807) is 4.90 Å². The van der Waals surface area contributed by atoms with Gasteiger partial charge < -0.3 is 14.8 Å². The summed E-state index contributed by atoms with van der Waals surface area (Å²) in [6.07, 6.45) is 6.38. The summed E-state index contributed by atoms with van der Waals surface area (Å²) in [5.41, 5.74) is 0. The van der Waals surface area contributed by atoms with Gasteiger partial charge in [-0.05, 0) is 25.0 Å². The lowest BCUT2D eigenvalue weighted by molar-refractivity contribution is -0.138. The third kappa shape index (κ3) is 3.36. The van der Waals surface area contributed by atoms with Crippen LogP contribution in [0.5, 0.6) is 0 Å². The van der Waals surface area contributed by atoms with E-state index in [1.807, 2.05) is 29.1 Å². The summed E-state index contributed by atoms with van der Waals surface area (Å²) in [6, 6.07) is 3.65. The second kappa shape index (κ2) is 6.41. The largest absolute Gasteiger partial charge is 0.354 e. The number of rotatable bonds is 4. The maximum Gasteiger partial charge on any atom is 0.246 e. The maximum absolute atomic E-state index is 12.6. The highest BCUT2D eigenvalue weighted by Crippen LogP contribution is 2.18. The van der Waals surface area contributed by atoms with Gasteiger partial charge in [0.25, 0.3) is 0 Å². The second-order valence-corrected chi connectivity index (χ2v) is 4.90. The summed E-state index contributed by atoms with van der Waals surface area (Å²) in [4.78, 5) is 25.8. The molecule has 0 bridgehead atoms.